The molecule has 15 heavy (non-hydrogen) atoms. The highest BCUT2D eigenvalue weighted by Crippen LogP contribution is 2.36. The maximum atomic E-state index is 9.96. The molecule has 2 N–H and O–H groups in total. The van der Waals surface area contributed by atoms with Crippen LogP contribution in [0.1, 0.15) is 23.6 Å². The van der Waals surface area contributed by atoms with E-state index in [2.05, 4.69) is 0 Å². The number of hydrogen-bond acceptors (Lipinski definition) is 3. The van der Waals surface area contributed by atoms with Gasteiger partial charge in [0.1, 0.15) is 0 Å². The van der Waals surface area contributed by atoms with Gasteiger partial charge in [0.2, 0.25) is 0 Å². The van der Waals surface area contributed by atoms with E-state index in [1.54, 1.807) is 6.92 Å². The minimum Gasteiger partial charge on any atom is -0.504 e. The number of aromatic hydroxyl groups is 1. The molecule has 0 fully saturated rings. The van der Waals surface area contributed by atoms with E-state index >= 15 is 0 Å². The summed E-state index contributed by atoms with van der Waals surface area (Å²) in [7, 11) is 1.53. The number of methoxy groups -OCH3 is 1. The van der Waals surface area contributed by atoms with Crippen LogP contribution in [0.15, 0.2) is 6.07 Å². The van der Waals surface area contributed by atoms with Crippen molar-refractivity contribution in [2.75, 3.05) is 7.11 Å². The number of rotatable bonds is 3. The molecule has 0 spiro atoms. The number of aryl methyl sites for hydroxylation is 2. The lowest BCUT2D eigenvalue weighted by Gasteiger charge is -2.15. The van der Waals surface area contributed by atoms with Crippen LogP contribution in [0.3, 0.4) is 0 Å². The summed E-state index contributed by atoms with van der Waals surface area (Å²) in [5, 5.41) is 19.3. The Balaban J connectivity index is 3.26. The van der Waals surface area contributed by atoms with Crippen LogP contribution >= 0.6 is 0 Å². The van der Waals surface area contributed by atoms with Crippen LogP contribution in [-0.4, -0.2) is 23.4 Å². The predicted octanol–water partition coefficient (Wildman–Crippen LogP) is 1.94. The Bertz CT molecular complexity index is 356. The Hall–Kier alpha value is -1.22. The first-order valence-electron chi connectivity index (χ1n) is 5.01. The average molecular weight is 210 g/mol. The zero-order valence-electron chi connectivity index (χ0n) is 9.66. The summed E-state index contributed by atoms with van der Waals surface area (Å²) < 4.78 is 5.12. The molecular formula is C12H18O3. The third kappa shape index (κ3) is 2.42. The lowest BCUT2D eigenvalue weighted by atomic mass is 9.98. The third-order valence-electron chi connectivity index (χ3n) is 2.47. The molecule has 84 valence electrons. The maximum absolute atomic E-state index is 9.96. The van der Waals surface area contributed by atoms with E-state index in [0.717, 1.165) is 16.7 Å². The summed E-state index contributed by atoms with van der Waals surface area (Å²) in [5.74, 6) is 0.646. The molecule has 0 amide bonds. The molecule has 0 aliphatic rings. The van der Waals surface area contributed by atoms with Crippen molar-refractivity contribution in [3.05, 3.63) is 22.8 Å². The van der Waals surface area contributed by atoms with E-state index in [-0.39, 0.29) is 5.75 Å². The van der Waals surface area contributed by atoms with E-state index < -0.39 is 6.10 Å². The maximum Gasteiger partial charge on any atom is 0.163 e. The van der Waals surface area contributed by atoms with E-state index in [0.29, 0.717) is 12.2 Å². The molecule has 0 saturated heterocycles. The van der Waals surface area contributed by atoms with Crippen molar-refractivity contribution in [2.24, 2.45) is 0 Å². The quantitative estimate of drug-likeness (QED) is 0.801. The molecule has 0 heterocycles. The molecule has 1 rings (SSSR count). The molecule has 0 aliphatic carbocycles. The molecule has 0 aliphatic heterocycles. The summed E-state index contributed by atoms with van der Waals surface area (Å²) >= 11 is 0. The second-order valence-corrected chi connectivity index (χ2v) is 3.92. The molecule has 1 aromatic carbocycles. The van der Waals surface area contributed by atoms with Crippen LogP contribution in [0.2, 0.25) is 0 Å². The van der Waals surface area contributed by atoms with Crippen LogP contribution in [-0.2, 0) is 6.42 Å². The highest BCUT2D eigenvalue weighted by molar-refractivity contribution is 5.54. The molecule has 1 aromatic rings. The van der Waals surface area contributed by atoms with Crippen molar-refractivity contribution >= 4 is 0 Å². The van der Waals surface area contributed by atoms with Crippen molar-refractivity contribution in [3.8, 4) is 11.5 Å². The first-order valence-corrected chi connectivity index (χ1v) is 5.01. The smallest absolute Gasteiger partial charge is 0.163 e. The minimum atomic E-state index is -0.470. The third-order valence-corrected chi connectivity index (χ3v) is 2.47. The molecule has 1 unspecified atom stereocenters. The van der Waals surface area contributed by atoms with Gasteiger partial charge in [0.25, 0.3) is 0 Å². The zero-order chi connectivity index (χ0) is 11.6. The van der Waals surface area contributed by atoms with Gasteiger partial charge < -0.3 is 14.9 Å². The van der Waals surface area contributed by atoms with Crippen LogP contribution < -0.4 is 4.74 Å². The van der Waals surface area contributed by atoms with E-state index in [9.17, 15) is 10.2 Å². The number of phenolic OH excluding ortho intramolecular Hbond substituents is 1. The average Bonchev–Trinajstić information content (AvgIpc) is 2.12. The topological polar surface area (TPSA) is 49.7 Å². The molecule has 0 saturated carbocycles. The Kier molecular flexibility index (Phi) is 3.58. The highest BCUT2D eigenvalue weighted by Gasteiger charge is 2.15. The molecule has 0 aromatic heterocycles. The second-order valence-electron chi connectivity index (χ2n) is 3.92. The van der Waals surface area contributed by atoms with Crippen molar-refractivity contribution in [3.63, 3.8) is 0 Å². The Morgan fingerprint density at radius 3 is 2.40 bits per heavy atom. The van der Waals surface area contributed by atoms with Gasteiger partial charge in [-0.05, 0) is 31.9 Å². The fourth-order valence-electron chi connectivity index (χ4n) is 1.80. The van der Waals surface area contributed by atoms with Crippen molar-refractivity contribution in [2.45, 2.75) is 33.3 Å². The van der Waals surface area contributed by atoms with Crippen LogP contribution in [0.4, 0.5) is 0 Å². The van der Waals surface area contributed by atoms with Gasteiger partial charge in [-0.25, -0.2) is 0 Å². The van der Waals surface area contributed by atoms with Crippen molar-refractivity contribution in [1.29, 1.82) is 0 Å². The van der Waals surface area contributed by atoms with Crippen molar-refractivity contribution in [1.82, 2.24) is 0 Å². The molecule has 1 atom stereocenters. The van der Waals surface area contributed by atoms with Gasteiger partial charge >= 0.3 is 0 Å². The largest absolute Gasteiger partial charge is 0.504 e. The van der Waals surface area contributed by atoms with Gasteiger partial charge in [-0.3, -0.25) is 0 Å². The number of aliphatic hydroxyl groups is 1. The minimum absolute atomic E-state index is 0.149. The molecular weight excluding hydrogens is 192 g/mol. The van der Waals surface area contributed by atoms with Gasteiger partial charge in [0.15, 0.2) is 11.5 Å². The summed E-state index contributed by atoms with van der Waals surface area (Å²) in [6, 6.07) is 1.95. The normalized spacial score (nSPS) is 12.6. The SMILES string of the molecule is COc1c(C)cc(C)c(CC(C)O)c1O. The number of phenols is 1. The number of benzene rings is 1. The Labute approximate surface area is 90.3 Å². The first kappa shape index (κ1) is 11.9. The first-order chi connectivity index (χ1) is 6.97. The summed E-state index contributed by atoms with van der Waals surface area (Å²) in [6.45, 7) is 5.51. The highest BCUT2D eigenvalue weighted by atomic mass is 16.5. The molecule has 0 bridgehead atoms. The van der Waals surface area contributed by atoms with Gasteiger partial charge in [0, 0.05) is 12.0 Å². The van der Waals surface area contributed by atoms with Gasteiger partial charge in [-0.2, -0.15) is 0 Å². The van der Waals surface area contributed by atoms with E-state index in [1.165, 1.54) is 7.11 Å². The number of ether oxygens (including phenoxy) is 1. The van der Waals surface area contributed by atoms with Crippen molar-refractivity contribution < 1.29 is 14.9 Å². The standard InChI is InChI=1S/C12H18O3/c1-7-5-8(2)12(15-4)11(14)10(7)6-9(3)13/h5,9,13-14H,6H2,1-4H3. The summed E-state index contributed by atoms with van der Waals surface area (Å²) in [5.41, 5.74) is 2.64. The molecule has 0 radical (unpaired) electrons. The van der Waals surface area contributed by atoms with E-state index in [1.807, 2.05) is 19.9 Å². The van der Waals surface area contributed by atoms with Gasteiger partial charge in [-0.1, -0.05) is 6.07 Å². The fraction of sp³-hybridized carbons (Fsp3) is 0.500. The fourth-order valence-corrected chi connectivity index (χ4v) is 1.80. The lowest BCUT2D eigenvalue weighted by molar-refractivity contribution is 0.193. The van der Waals surface area contributed by atoms with E-state index in [4.69, 9.17) is 4.74 Å². The monoisotopic (exact) mass is 210 g/mol. The second kappa shape index (κ2) is 4.53. The summed E-state index contributed by atoms with van der Waals surface area (Å²) in [4.78, 5) is 0. The van der Waals surface area contributed by atoms with Gasteiger partial charge in [0.05, 0.1) is 13.2 Å². The summed E-state index contributed by atoms with van der Waals surface area (Å²) in [6.07, 6.45) is -0.0316. The Morgan fingerprint density at radius 1 is 1.33 bits per heavy atom. The van der Waals surface area contributed by atoms with Crippen LogP contribution in [0.5, 0.6) is 11.5 Å². The lowest BCUT2D eigenvalue weighted by Crippen LogP contribution is -2.07. The number of hydrogen-bond donors (Lipinski definition) is 2. The molecule has 3 nitrogen and oxygen atoms in total. The van der Waals surface area contributed by atoms with Gasteiger partial charge in [-0.15, -0.1) is 0 Å². The molecule has 3 heteroatoms. The van der Waals surface area contributed by atoms with Crippen LogP contribution in [0, 0.1) is 13.8 Å². The Morgan fingerprint density at radius 2 is 1.93 bits per heavy atom. The predicted molar refractivity (Wildman–Crippen MR) is 59.5 cm³/mol. The number of aliphatic hydroxyl groups excluding tert-OH is 1. The van der Waals surface area contributed by atoms with Crippen LogP contribution in [0.25, 0.3) is 0 Å². The zero-order valence-corrected chi connectivity index (χ0v) is 9.66.